The van der Waals surface area contributed by atoms with Gasteiger partial charge < -0.3 is 10.2 Å². The minimum Gasteiger partial charge on any atom is -0.310 e. The van der Waals surface area contributed by atoms with Crippen LogP contribution in [0.1, 0.15) is 62.1 Å². The third kappa shape index (κ3) is 4.10. The van der Waals surface area contributed by atoms with Gasteiger partial charge in [0.15, 0.2) is 5.66 Å². The van der Waals surface area contributed by atoms with E-state index in [4.69, 9.17) is 9.98 Å². The summed E-state index contributed by atoms with van der Waals surface area (Å²) < 4.78 is 28.4. The number of aromatic nitrogens is 2. The number of aryl methyl sites for hydroxylation is 1. The molecular formula is C31H31F2N5O2. The molecule has 2 unspecified atom stereocenters. The molecule has 1 spiro atoms. The molecule has 1 N–H and O–H groups in total. The summed E-state index contributed by atoms with van der Waals surface area (Å²) in [6, 6.07) is 9.20. The summed E-state index contributed by atoms with van der Waals surface area (Å²) in [7, 11) is 0. The van der Waals surface area contributed by atoms with E-state index < -0.39 is 28.1 Å². The first-order valence-electron chi connectivity index (χ1n) is 13.5. The van der Waals surface area contributed by atoms with Gasteiger partial charge in [-0.25, -0.2) is 13.8 Å². The van der Waals surface area contributed by atoms with Crippen molar-refractivity contribution in [3.05, 3.63) is 88.4 Å². The number of amides is 2. The third-order valence-corrected chi connectivity index (χ3v) is 8.34. The first kappa shape index (κ1) is 26.2. The average molecular weight is 544 g/mol. The van der Waals surface area contributed by atoms with E-state index in [2.05, 4.69) is 16.4 Å². The first-order chi connectivity index (χ1) is 18.9. The highest BCUT2D eigenvalue weighted by molar-refractivity contribution is 6.42. The Kier molecular flexibility index (Phi) is 5.91. The van der Waals surface area contributed by atoms with Gasteiger partial charge in [0.2, 0.25) is 5.91 Å². The molecule has 2 amide bonds. The number of nitrogens with zero attached hydrogens (tertiary/aromatic N) is 4. The number of nitrogens with one attached hydrogen (secondary N) is 1. The summed E-state index contributed by atoms with van der Waals surface area (Å²) in [6.45, 7) is 7.79. The molecule has 1 aliphatic carbocycles. The van der Waals surface area contributed by atoms with Gasteiger partial charge in [0, 0.05) is 53.7 Å². The molecule has 2 aromatic heterocycles. The lowest BCUT2D eigenvalue weighted by Gasteiger charge is -2.34. The summed E-state index contributed by atoms with van der Waals surface area (Å²) in [5.74, 6) is -1.07. The monoisotopic (exact) mass is 543 g/mol. The summed E-state index contributed by atoms with van der Waals surface area (Å²) in [5.41, 5.74) is 2.12. The molecule has 0 fully saturated rings. The quantitative estimate of drug-likeness (QED) is 0.497. The lowest BCUT2D eigenvalue weighted by molar-refractivity contribution is -0.128. The van der Waals surface area contributed by atoms with Gasteiger partial charge in [-0.05, 0) is 55.5 Å². The number of fused-ring (bicyclic) bond motifs is 3. The van der Waals surface area contributed by atoms with Gasteiger partial charge in [0.25, 0.3) is 5.91 Å². The van der Waals surface area contributed by atoms with Gasteiger partial charge in [-0.3, -0.25) is 19.6 Å². The van der Waals surface area contributed by atoms with Crippen LogP contribution in [0.5, 0.6) is 0 Å². The number of carbonyl (C=O) groups is 2. The van der Waals surface area contributed by atoms with Gasteiger partial charge in [0.1, 0.15) is 23.2 Å². The highest BCUT2D eigenvalue weighted by Crippen LogP contribution is 2.46. The number of aliphatic imine (C=N–C) groups is 1. The molecule has 4 heterocycles. The second-order valence-electron chi connectivity index (χ2n) is 12.2. The van der Waals surface area contributed by atoms with Gasteiger partial charge in [-0.1, -0.05) is 32.9 Å². The number of pyridine rings is 2. The van der Waals surface area contributed by atoms with E-state index in [1.807, 2.05) is 39.1 Å². The zero-order valence-electron chi connectivity index (χ0n) is 23.0. The van der Waals surface area contributed by atoms with E-state index in [-0.39, 0.29) is 11.8 Å². The maximum Gasteiger partial charge on any atom is 0.270 e. The maximum atomic E-state index is 14.2. The Balaban J connectivity index is 1.21. The van der Waals surface area contributed by atoms with Crippen LogP contribution in [0.15, 0.2) is 53.8 Å². The Morgan fingerprint density at radius 2 is 1.80 bits per heavy atom. The number of anilines is 1. The van der Waals surface area contributed by atoms with Crippen LogP contribution in [0.4, 0.5) is 14.6 Å². The Morgan fingerprint density at radius 1 is 1.05 bits per heavy atom. The van der Waals surface area contributed by atoms with Crippen LogP contribution in [-0.2, 0) is 39.9 Å². The largest absolute Gasteiger partial charge is 0.310 e. The van der Waals surface area contributed by atoms with Crippen molar-refractivity contribution in [2.75, 3.05) is 11.9 Å². The second-order valence-corrected chi connectivity index (χ2v) is 12.2. The molecule has 9 heteroatoms. The van der Waals surface area contributed by atoms with Crippen molar-refractivity contribution in [1.29, 1.82) is 0 Å². The van der Waals surface area contributed by atoms with Gasteiger partial charge in [-0.15, -0.1) is 0 Å². The van der Waals surface area contributed by atoms with E-state index in [9.17, 15) is 18.4 Å². The predicted molar refractivity (Wildman–Crippen MR) is 147 cm³/mol. The van der Waals surface area contributed by atoms with Crippen LogP contribution in [0.25, 0.3) is 0 Å². The van der Waals surface area contributed by atoms with Gasteiger partial charge in [-0.2, -0.15) is 0 Å². The second kappa shape index (κ2) is 9.01. The molecule has 206 valence electrons. The topological polar surface area (TPSA) is 87.6 Å². The summed E-state index contributed by atoms with van der Waals surface area (Å²) in [5, 5.41) is 2.92. The highest BCUT2D eigenvalue weighted by atomic mass is 19.1. The van der Waals surface area contributed by atoms with Crippen molar-refractivity contribution in [2.24, 2.45) is 10.4 Å². The first-order valence-corrected chi connectivity index (χ1v) is 13.5. The van der Waals surface area contributed by atoms with Crippen LogP contribution in [0.2, 0.25) is 0 Å². The zero-order valence-corrected chi connectivity index (χ0v) is 23.0. The van der Waals surface area contributed by atoms with E-state index in [0.29, 0.717) is 49.3 Å². The molecule has 40 heavy (non-hydrogen) atoms. The fourth-order valence-corrected chi connectivity index (χ4v) is 6.25. The maximum absolute atomic E-state index is 14.2. The molecule has 2 aliphatic heterocycles. The smallest absolute Gasteiger partial charge is 0.270 e. The molecule has 7 nitrogen and oxygen atoms in total. The van der Waals surface area contributed by atoms with Crippen molar-refractivity contribution < 1.29 is 18.4 Å². The third-order valence-electron chi connectivity index (χ3n) is 8.34. The number of benzene rings is 1. The van der Waals surface area contributed by atoms with Crippen LogP contribution in [0.3, 0.4) is 0 Å². The predicted octanol–water partition coefficient (Wildman–Crippen LogP) is 4.88. The molecule has 6 rings (SSSR count). The van der Waals surface area contributed by atoms with E-state index in [1.165, 1.54) is 12.1 Å². The average Bonchev–Trinajstić information content (AvgIpc) is 3.49. The van der Waals surface area contributed by atoms with Gasteiger partial charge >= 0.3 is 0 Å². The van der Waals surface area contributed by atoms with Crippen molar-refractivity contribution in [3.8, 4) is 0 Å². The molecule has 0 radical (unpaired) electrons. The number of rotatable bonds is 5. The highest BCUT2D eigenvalue weighted by Gasteiger charge is 2.52. The van der Waals surface area contributed by atoms with Crippen LogP contribution >= 0.6 is 0 Å². The lowest BCUT2D eigenvalue weighted by atomic mass is 9.80. The number of hydrogen-bond acceptors (Lipinski definition) is 5. The molecular weight excluding hydrogens is 512 g/mol. The fourth-order valence-electron chi connectivity index (χ4n) is 6.25. The van der Waals surface area contributed by atoms with E-state index >= 15 is 0 Å². The Labute approximate surface area is 231 Å². The molecule has 3 aromatic rings. The van der Waals surface area contributed by atoms with Crippen molar-refractivity contribution >= 4 is 23.3 Å². The lowest BCUT2D eigenvalue weighted by Crippen LogP contribution is -2.44. The van der Waals surface area contributed by atoms with Crippen LogP contribution in [0, 0.1) is 17.0 Å². The van der Waals surface area contributed by atoms with Crippen molar-refractivity contribution in [1.82, 2.24) is 14.9 Å². The molecule has 1 aromatic carbocycles. The zero-order chi connectivity index (χ0) is 28.4. The van der Waals surface area contributed by atoms with Crippen LogP contribution < -0.4 is 5.32 Å². The molecule has 0 bridgehead atoms. The molecule has 0 saturated carbocycles. The molecule has 3 aliphatic rings. The molecule has 2 atom stereocenters. The number of carbonyl (C=O) groups excluding carboxylic acids is 2. The fraction of sp³-hybridized carbons (Fsp3) is 0.387. The standard InChI is InChI=1S/C31H31F2N5O2/c1-29(2,3)25-27(39)38(30(4,37-25)20-12-21(32)14-22(33)13-20)10-6-7-18-11-19-15-31(16-24(19)35-17-18)23-8-5-9-34-26(23)36-28(31)40/h5,8-9,11-14,17H,6-7,10,15-16H2,1-4H3,(H,34,36,40). The summed E-state index contributed by atoms with van der Waals surface area (Å²) >= 11 is 0. The Bertz CT molecular complexity index is 1580. The minimum absolute atomic E-state index is 0.0454. The molecule has 0 saturated heterocycles. The summed E-state index contributed by atoms with van der Waals surface area (Å²) in [6.07, 6.45) is 5.84. The normalized spacial score (nSPS) is 23.4. The van der Waals surface area contributed by atoms with Crippen molar-refractivity contribution in [2.45, 2.75) is 64.5 Å². The van der Waals surface area contributed by atoms with E-state index in [0.717, 1.165) is 28.5 Å². The summed E-state index contributed by atoms with van der Waals surface area (Å²) in [4.78, 5) is 41.9. The number of halogens is 2. The van der Waals surface area contributed by atoms with Crippen molar-refractivity contribution in [3.63, 3.8) is 0 Å². The SMILES string of the molecule is CC(C)(C)C1=NC(C)(c2cc(F)cc(F)c2)N(CCCc2cnc3c(c2)CC2(C3)C(=O)Nc3ncccc32)C1=O. The Hall–Kier alpha value is -4.01. The van der Waals surface area contributed by atoms with E-state index in [1.54, 1.807) is 18.0 Å². The van der Waals surface area contributed by atoms with Gasteiger partial charge in [0.05, 0.1) is 5.41 Å². The minimum atomic E-state index is -1.22. The van der Waals surface area contributed by atoms with Crippen LogP contribution in [-0.4, -0.2) is 38.9 Å². The number of hydrogen-bond donors (Lipinski definition) is 1. The Morgan fingerprint density at radius 3 is 2.52 bits per heavy atom.